The summed E-state index contributed by atoms with van der Waals surface area (Å²) in [5.41, 5.74) is 2.08. The van der Waals surface area contributed by atoms with E-state index in [9.17, 15) is 40.7 Å². The van der Waals surface area contributed by atoms with Crippen LogP contribution in [0, 0.1) is 0 Å². The number of nitrogens with zero attached hydrogens (tertiary/aromatic N) is 2. The molecule has 1 atom stereocenters. The van der Waals surface area contributed by atoms with Crippen LogP contribution in [0.4, 0.5) is 26.3 Å². The number of alkyl halides is 6. The highest BCUT2D eigenvalue weighted by molar-refractivity contribution is 7.16. The molecular formula is C19H13F6N3O5S. The number of carbonyl (C=O) groups excluding carboxylic acids is 3. The first-order chi connectivity index (χ1) is 15.7. The number of benzene rings is 1. The SMILES string of the molecule is CN(CC1=NC(OC(=O)C(F)(F)F)(c2ccccc2)NO1)C(=O)c1ccc(C(=O)C(F)(F)F)s1. The van der Waals surface area contributed by atoms with Gasteiger partial charge in [0.15, 0.2) is 0 Å². The first-order valence-electron chi connectivity index (χ1n) is 9.08. The average Bonchev–Trinajstić information content (AvgIpc) is 3.40. The molecular weight excluding hydrogens is 496 g/mol. The highest BCUT2D eigenvalue weighted by atomic mass is 32.1. The number of aliphatic imine (C=N–C) groups is 1. The van der Waals surface area contributed by atoms with Crippen LogP contribution < -0.4 is 5.48 Å². The normalized spacial score (nSPS) is 18.1. The number of halogens is 6. The first-order valence-corrected chi connectivity index (χ1v) is 9.90. The predicted molar refractivity (Wildman–Crippen MR) is 104 cm³/mol. The molecule has 0 saturated carbocycles. The molecule has 0 aliphatic carbocycles. The second-order valence-corrected chi connectivity index (χ2v) is 7.84. The van der Waals surface area contributed by atoms with Crippen molar-refractivity contribution < 1.29 is 50.3 Å². The molecule has 2 heterocycles. The lowest BCUT2D eigenvalue weighted by atomic mass is 10.1. The number of amides is 1. The Morgan fingerprint density at radius 2 is 1.65 bits per heavy atom. The second-order valence-electron chi connectivity index (χ2n) is 6.76. The molecule has 0 spiro atoms. The summed E-state index contributed by atoms with van der Waals surface area (Å²) in [6, 6.07) is 8.94. The van der Waals surface area contributed by atoms with Crippen LogP contribution in [0.3, 0.4) is 0 Å². The van der Waals surface area contributed by atoms with E-state index in [1.54, 1.807) is 6.07 Å². The Bertz CT molecular complexity index is 1130. The van der Waals surface area contributed by atoms with Gasteiger partial charge in [0.25, 0.3) is 11.7 Å². The Morgan fingerprint density at radius 3 is 2.24 bits per heavy atom. The van der Waals surface area contributed by atoms with Gasteiger partial charge in [-0.1, -0.05) is 35.8 Å². The van der Waals surface area contributed by atoms with Gasteiger partial charge >= 0.3 is 24.2 Å². The van der Waals surface area contributed by atoms with Gasteiger partial charge in [-0.2, -0.15) is 31.3 Å². The van der Waals surface area contributed by atoms with Crippen LogP contribution in [0.2, 0.25) is 0 Å². The molecule has 0 saturated heterocycles. The summed E-state index contributed by atoms with van der Waals surface area (Å²) in [6.45, 7) is -0.468. The van der Waals surface area contributed by atoms with E-state index in [4.69, 9.17) is 4.84 Å². The number of thiophene rings is 1. The Morgan fingerprint density at radius 1 is 1.03 bits per heavy atom. The zero-order valence-corrected chi connectivity index (χ0v) is 17.7. The van der Waals surface area contributed by atoms with Crippen molar-refractivity contribution in [2.24, 2.45) is 4.99 Å². The summed E-state index contributed by atoms with van der Waals surface area (Å²) in [6.07, 6.45) is -10.4. The van der Waals surface area contributed by atoms with Gasteiger partial charge in [-0.15, -0.1) is 11.3 Å². The Hall–Kier alpha value is -3.46. The number of nitrogens with one attached hydrogen (secondary N) is 1. The van der Waals surface area contributed by atoms with E-state index in [0.29, 0.717) is 11.3 Å². The summed E-state index contributed by atoms with van der Waals surface area (Å²) in [5, 5.41) is 0. The number of rotatable bonds is 6. The number of hydrogen-bond donors (Lipinski definition) is 1. The standard InChI is InChI=1S/C19H13F6N3O5S/c1-28(15(30)12-8-7-11(34-12)14(29)17(20,21)22)9-13-26-19(27-33-13,10-5-3-2-4-6-10)32-16(31)18(23,24)25/h2-8,27H,9H2,1H3. The lowest BCUT2D eigenvalue weighted by Gasteiger charge is -2.24. The zero-order chi connectivity index (χ0) is 25.3. The molecule has 182 valence electrons. The summed E-state index contributed by atoms with van der Waals surface area (Å²) < 4.78 is 80.6. The summed E-state index contributed by atoms with van der Waals surface area (Å²) >= 11 is 0.319. The van der Waals surface area contributed by atoms with Crippen molar-refractivity contribution in [3.8, 4) is 0 Å². The van der Waals surface area contributed by atoms with Crippen molar-refractivity contribution in [3.63, 3.8) is 0 Å². The number of hydrogen-bond acceptors (Lipinski definition) is 8. The van der Waals surface area contributed by atoms with Gasteiger partial charge in [-0.05, 0) is 12.1 Å². The monoisotopic (exact) mass is 509 g/mol. The van der Waals surface area contributed by atoms with Crippen molar-refractivity contribution in [2.45, 2.75) is 18.2 Å². The summed E-state index contributed by atoms with van der Waals surface area (Å²) in [4.78, 5) is 44.3. The fourth-order valence-electron chi connectivity index (χ4n) is 2.68. The molecule has 1 aliphatic rings. The molecule has 1 unspecified atom stereocenters. The third kappa shape index (κ3) is 5.36. The van der Waals surface area contributed by atoms with E-state index in [2.05, 4.69) is 15.2 Å². The van der Waals surface area contributed by atoms with E-state index in [0.717, 1.165) is 17.0 Å². The molecule has 0 bridgehead atoms. The minimum atomic E-state index is -5.33. The third-order valence-electron chi connectivity index (χ3n) is 4.24. The highest BCUT2D eigenvalue weighted by Gasteiger charge is 2.50. The van der Waals surface area contributed by atoms with Gasteiger partial charge in [0.2, 0.25) is 5.90 Å². The van der Waals surface area contributed by atoms with Gasteiger partial charge in [-0.25, -0.2) is 4.79 Å². The fourth-order valence-corrected chi connectivity index (χ4v) is 3.64. The average molecular weight is 509 g/mol. The predicted octanol–water partition coefficient (Wildman–Crippen LogP) is 3.41. The molecule has 1 aliphatic heterocycles. The molecule has 2 aromatic rings. The number of likely N-dealkylation sites (N-methyl/N-ethyl adjacent to an activating group) is 1. The van der Waals surface area contributed by atoms with Crippen LogP contribution in [-0.2, 0) is 20.2 Å². The summed E-state index contributed by atoms with van der Waals surface area (Å²) in [5.74, 6) is -8.24. The van der Waals surface area contributed by atoms with E-state index >= 15 is 0 Å². The zero-order valence-electron chi connectivity index (χ0n) is 16.9. The fraction of sp³-hybridized carbons (Fsp3) is 0.263. The van der Waals surface area contributed by atoms with Gasteiger partial charge in [0.05, 0.1) is 16.3 Å². The van der Waals surface area contributed by atoms with Crippen molar-refractivity contribution in [1.82, 2.24) is 10.4 Å². The lowest BCUT2D eigenvalue weighted by molar-refractivity contribution is -0.223. The minimum absolute atomic E-state index is 0.0230. The maximum Gasteiger partial charge on any atom is 0.491 e. The van der Waals surface area contributed by atoms with Gasteiger partial charge in [0, 0.05) is 12.6 Å². The molecule has 15 heteroatoms. The number of hydroxylamine groups is 1. The molecule has 0 radical (unpaired) electrons. The molecule has 1 amide bonds. The smallest absolute Gasteiger partial charge is 0.409 e. The Balaban J connectivity index is 1.80. The Labute approximate surface area is 190 Å². The van der Waals surface area contributed by atoms with Crippen LogP contribution >= 0.6 is 11.3 Å². The van der Waals surface area contributed by atoms with Crippen LogP contribution in [0.5, 0.6) is 0 Å². The van der Waals surface area contributed by atoms with Crippen molar-refractivity contribution in [2.75, 3.05) is 13.6 Å². The first kappa shape index (κ1) is 25.2. The van der Waals surface area contributed by atoms with Crippen molar-refractivity contribution in [1.29, 1.82) is 0 Å². The minimum Gasteiger partial charge on any atom is -0.409 e. The molecule has 34 heavy (non-hydrogen) atoms. The van der Waals surface area contributed by atoms with E-state index in [-0.39, 0.29) is 16.3 Å². The molecule has 1 aromatic carbocycles. The van der Waals surface area contributed by atoms with Gasteiger partial charge < -0.3 is 14.5 Å². The van der Waals surface area contributed by atoms with E-state index < -0.39 is 47.3 Å². The maximum atomic E-state index is 12.8. The molecule has 1 N–H and O–H groups in total. The summed E-state index contributed by atoms with van der Waals surface area (Å²) in [7, 11) is 1.21. The number of esters is 1. The second kappa shape index (κ2) is 9.06. The topological polar surface area (TPSA) is 97.3 Å². The lowest BCUT2D eigenvalue weighted by Crippen LogP contribution is -2.44. The van der Waals surface area contributed by atoms with Crippen LogP contribution in [0.15, 0.2) is 47.5 Å². The number of ether oxygens (including phenoxy) is 1. The van der Waals surface area contributed by atoms with Crippen molar-refractivity contribution in [3.05, 3.63) is 57.8 Å². The maximum absolute atomic E-state index is 12.8. The van der Waals surface area contributed by atoms with Gasteiger partial charge in [-0.3, -0.25) is 9.59 Å². The molecule has 3 rings (SSSR count). The highest BCUT2D eigenvalue weighted by Crippen LogP contribution is 2.32. The largest absolute Gasteiger partial charge is 0.491 e. The quantitative estimate of drug-likeness (QED) is 0.364. The molecule has 1 aromatic heterocycles. The molecule has 0 fully saturated rings. The van der Waals surface area contributed by atoms with Crippen LogP contribution in [-0.4, -0.2) is 54.4 Å². The third-order valence-corrected chi connectivity index (χ3v) is 5.32. The van der Waals surface area contributed by atoms with Crippen molar-refractivity contribution >= 4 is 34.9 Å². The van der Waals surface area contributed by atoms with E-state index in [1.807, 2.05) is 0 Å². The number of carbonyl (C=O) groups is 3. The number of ketones is 1. The van der Waals surface area contributed by atoms with Crippen LogP contribution in [0.1, 0.15) is 24.9 Å². The number of Topliss-reactive ketones (excluding diaryl/α,β-unsaturated/α-hetero) is 1. The van der Waals surface area contributed by atoms with Crippen LogP contribution in [0.25, 0.3) is 0 Å². The Kier molecular flexibility index (Phi) is 6.71. The van der Waals surface area contributed by atoms with Gasteiger partial charge in [0.1, 0.15) is 0 Å². The van der Waals surface area contributed by atoms with E-state index in [1.165, 1.54) is 31.3 Å². The molecule has 8 nitrogen and oxygen atoms in total.